The van der Waals surface area contributed by atoms with Gasteiger partial charge in [0.25, 0.3) is 10.0 Å². The van der Waals surface area contributed by atoms with Crippen LogP contribution < -0.4 is 15.4 Å². The second-order valence-corrected chi connectivity index (χ2v) is 6.49. The Balaban J connectivity index is 2.70. The van der Waals surface area contributed by atoms with E-state index in [0.29, 0.717) is 12.1 Å². The lowest BCUT2D eigenvalue weighted by Crippen LogP contribution is -2.41. The van der Waals surface area contributed by atoms with Gasteiger partial charge >= 0.3 is 0 Å². The van der Waals surface area contributed by atoms with Gasteiger partial charge in [-0.25, -0.2) is 27.4 Å². The molecule has 0 amide bonds. The molecule has 0 fully saturated rings. The molecular weight excluding hydrogens is 254 g/mol. The summed E-state index contributed by atoms with van der Waals surface area (Å²) in [4.78, 5) is 1.78. The van der Waals surface area contributed by atoms with Crippen molar-refractivity contribution < 1.29 is 16.8 Å². The van der Waals surface area contributed by atoms with E-state index >= 15 is 0 Å². The fraction of sp³-hybridized carbons (Fsp3) is 0.143. The van der Waals surface area contributed by atoms with Gasteiger partial charge in [-0.15, -0.1) is 4.83 Å². The monoisotopic (exact) mass is 263 g/mol. The number of sulfonamides is 2. The highest BCUT2D eigenvalue weighted by atomic mass is 32.2. The second-order valence-electron chi connectivity index (χ2n) is 3.27. The van der Waals surface area contributed by atoms with Gasteiger partial charge in [-0.2, -0.15) is 0 Å². The molecular formula is C7H9N3O4S2. The number of nitrogens with two attached hydrogens (primary N) is 1. The van der Waals surface area contributed by atoms with Gasteiger partial charge < -0.3 is 0 Å². The van der Waals surface area contributed by atoms with E-state index in [2.05, 4.69) is 10.3 Å². The van der Waals surface area contributed by atoms with E-state index in [9.17, 15) is 16.8 Å². The molecule has 1 aliphatic heterocycles. The topological polar surface area (TPSA) is 118 Å². The summed E-state index contributed by atoms with van der Waals surface area (Å²) in [5.41, 5.74) is 2.96. The van der Waals surface area contributed by atoms with Gasteiger partial charge in [-0.05, 0) is 17.7 Å². The van der Waals surface area contributed by atoms with E-state index in [4.69, 9.17) is 5.14 Å². The number of hydrogen-bond donors (Lipinski definition) is 3. The summed E-state index contributed by atoms with van der Waals surface area (Å²) >= 11 is 0. The number of hydrazine groups is 1. The molecule has 0 bridgehead atoms. The van der Waals surface area contributed by atoms with Gasteiger partial charge in [0.05, 0.1) is 9.79 Å². The number of nitrogens with one attached hydrogen (secondary N) is 2. The number of benzene rings is 1. The Hall–Kier alpha value is -1.00. The van der Waals surface area contributed by atoms with Crippen LogP contribution in [0.1, 0.15) is 5.56 Å². The number of hydrogen-bond acceptors (Lipinski definition) is 5. The van der Waals surface area contributed by atoms with Crippen LogP contribution in [0.2, 0.25) is 0 Å². The van der Waals surface area contributed by atoms with Crippen molar-refractivity contribution in [1.29, 1.82) is 0 Å². The molecule has 2 rings (SSSR count). The average molecular weight is 263 g/mol. The highest BCUT2D eigenvalue weighted by molar-refractivity contribution is 7.90. The third-order valence-electron chi connectivity index (χ3n) is 2.14. The molecule has 0 atom stereocenters. The van der Waals surface area contributed by atoms with E-state index in [-0.39, 0.29) is 9.79 Å². The van der Waals surface area contributed by atoms with E-state index in [1.165, 1.54) is 12.1 Å². The first kappa shape index (κ1) is 11.5. The number of rotatable bonds is 1. The van der Waals surface area contributed by atoms with Crippen molar-refractivity contribution in [3.8, 4) is 0 Å². The highest BCUT2D eigenvalue weighted by Crippen LogP contribution is 2.21. The second kappa shape index (κ2) is 3.50. The van der Waals surface area contributed by atoms with E-state index in [0.717, 1.165) is 6.07 Å². The summed E-state index contributed by atoms with van der Waals surface area (Å²) < 4.78 is 45.2. The standard InChI is InChI=1S/C7H9N3O4S2/c8-15(11,12)6-2-1-5-4-9-10-16(13,14)7(5)3-6/h1-3,9-10H,4H2,(H2,8,11,12). The van der Waals surface area contributed by atoms with Gasteiger partial charge in [0.15, 0.2) is 0 Å². The van der Waals surface area contributed by atoms with Crippen molar-refractivity contribution in [3.63, 3.8) is 0 Å². The zero-order valence-corrected chi connectivity index (χ0v) is 9.60. The first-order valence-corrected chi connectivity index (χ1v) is 7.24. The molecule has 1 heterocycles. The third kappa shape index (κ3) is 1.95. The molecule has 0 radical (unpaired) electrons. The van der Waals surface area contributed by atoms with Crippen LogP contribution in [0.3, 0.4) is 0 Å². The van der Waals surface area contributed by atoms with E-state index < -0.39 is 20.0 Å². The predicted molar refractivity (Wildman–Crippen MR) is 55.0 cm³/mol. The summed E-state index contributed by atoms with van der Waals surface area (Å²) in [6.45, 7) is 0.291. The molecule has 88 valence electrons. The van der Waals surface area contributed by atoms with Crippen LogP contribution >= 0.6 is 0 Å². The Labute approximate surface area is 92.7 Å². The minimum absolute atomic E-state index is 0.0715. The average Bonchev–Trinajstić information content (AvgIpc) is 2.15. The molecule has 1 aliphatic rings. The quantitative estimate of drug-likeness (QED) is 0.577. The molecule has 7 nitrogen and oxygen atoms in total. The third-order valence-corrected chi connectivity index (χ3v) is 4.43. The maximum absolute atomic E-state index is 11.5. The minimum atomic E-state index is -3.90. The molecule has 1 aromatic carbocycles. The lowest BCUT2D eigenvalue weighted by molar-refractivity contribution is 0.536. The van der Waals surface area contributed by atoms with E-state index in [1.54, 1.807) is 0 Å². The molecule has 1 aromatic rings. The highest BCUT2D eigenvalue weighted by Gasteiger charge is 2.24. The maximum Gasteiger partial charge on any atom is 0.253 e. The number of fused-ring (bicyclic) bond motifs is 1. The summed E-state index contributed by atoms with van der Waals surface area (Å²) in [6, 6.07) is 3.74. The van der Waals surface area contributed by atoms with Gasteiger partial charge in [-0.1, -0.05) is 6.07 Å². The van der Waals surface area contributed by atoms with Crippen LogP contribution in [0.25, 0.3) is 0 Å². The van der Waals surface area contributed by atoms with Crippen LogP contribution in [-0.2, 0) is 26.6 Å². The molecule has 0 spiro atoms. The number of primary sulfonamides is 1. The Bertz CT molecular complexity index is 636. The molecule has 16 heavy (non-hydrogen) atoms. The molecule has 4 N–H and O–H groups in total. The maximum atomic E-state index is 11.5. The summed E-state index contributed by atoms with van der Waals surface area (Å²) in [5, 5.41) is 4.92. The van der Waals surface area contributed by atoms with Crippen LogP contribution in [-0.4, -0.2) is 16.8 Å². The largest absolute Gasteiger partial charge is 0.253 e. The molecule has 0 saturated heterocycles. The first-order chi connectivity index (χ1) is 7.31. The Morgan fingerprint density at radius 1 is 1.31 bits per heavy atom. The SMILES string of the molecule is NS(=O)(=O)c1ccc2c(c1)S(=O)(=O)NNC2. The van der Waals surface area contributed by atoms with Crippen LogP contribution in [0.5, 0.6) is 0 Å². The predicted octanol–water partition coefficient (Wildman–Crippen LogP) is -1.37. The summed E-state index contributed by atoms with van der Waals surface area (Å²) in [6.07, 6.45) is 0. The summed E-state index contributed by atoms with van der Waals surface area (Å²) in [5.74, 6) is 0. The minimum Gasteiger partial charge on any atom is -0.239 e. The van der Waals surface area contributed by atoms with E-state index in [1.807, 2.05) is 0 Å². The van der Waals surface area contributed by atoms with Crippen molar-refractivity contribution in [3.05, 3.63) is 23.8 Å². The van der Waals surface area contributed by atoms with Crippen molar-refractivity contribution in [2.24, 2.45) is 5.14 Å². The van der Waals surface area contributed by atoms with Gasteiger partial charge in [0, 0.05) is 6.54 Å². The fourth-order valence-corrected chi connectivity index (χ4v) is 3.14. The Morgan fingerprint density at radius 3 is 2.62 bits per heavy atom. The first-order valence-electron chi connectivity index (χ1n) is 4.21. The van der Waals surface area contributed by atoms with Crippen LogP contribution in [0.15, 0.2) is 28.0 Å². The molecule has 9 heteroatoms. The summed E-state index contributed by atoms with van der Waals surface area (Å²) in [7, 11) is -7.61. The van der Waals surface area contributed by atoms with Gasteiger partial charge in [0.2, 0.25) is 10.0 Å². The van der Waals surface area contributed by atoms with Gasteiger partial charge in [-0.3, -0.25) is 0 Å². The smallest absolute Gasteiger partial charge is 0.239 e. The van der Waals surface area contributed by atoms with Crippen molar-refractivity contribution in [2.45, 2.75) is 16.3 Å². The molecule has 0 unspecified atom stereocenters. The van der Waals surface area contributed by atoms with Crippen molar-refractivity contribution in [1.82, 2.24) is 10.3 Å². The zero-order valence-electron chi connectivity index (χ0n) is 7.97. The van der Waals surface area contributed by atoms with Crippen LogP contribution in [0.4, 0.5) is 0 Å². The Kier molecular flexibility index (Phi) is 2.51. The zero-order chi connectivity index (χ0) is 12.0. The Morgan fingerprint density at radius 2 is 2.00 bits per heavy atom. The lowest BCUT2D eigenvalue weighted by atomic mass is 10.2. The van der Waals surface area contributed by atoms with Crippen LogP contribution in [0, 0.1) is 0 Å². The molecule has 0 aromatic heterocycles. The van der Waals surface area contributed by atoms with Crippen molar-refractivity contribution >= 4 is 20.0 Å². The normalized spacial score (nSPS) is 19.1. The molecule has 0 aliphatic carbocycles. The lowest BCUT2D eigenvalue weighted by Gasteiger charge is -2.18. The molecule has 0 saturated carbocycles. The van der Waals surface area contributed by atoms with Gasteiger partial charge in [0.1, 0.15) is 0 Å². The fourth-order valence-electron chi connectivity index (χ4n) is 1.39. The van der Waals surface area contributed by atoms with Crippen molar-refractivity contribution in [2.75, 3.05) is 0 Å².